The number of hydrogen-bond donors (Lipinski definition) is 1. The number of rotatable bonds is 7. The molecule has 0 saturated heterocycles. The number of hydrogen-bond acceptors (Lipinski definition) is 3. The van der Waals surface area contributed by atoms with Crippen molar-refractivity contribution in [2.75, 3.05) is 6.61 Å². The summed E-state index contributed by atoms with van der Waals surface area (Å²) in [4.78, 5) is 4.15. The van der Waals surface area contributed by atoms with Crippen LogP contribution in [-0.2, 0) is 13.0 Å². The van der Waals surface area contributed by atoms with Crippen molar-refractivity contribution in [1.82, 2.24) is 9.55 Å². The van der Waals surface area contributed by atoms with Crippen molar-refractivity contribution in [3.05, 3.63) is 47.8 Å². The molecule has 4 nitrogen and oxygen atoms in total. The first kappa shape index (κ1) is 15.5. The smallest absolute Gasteiger partial charge is 0.127 e. The van der Waals surface area contributed by atoms with Crippen molar-refractivity contribution in [2.45, 2.75) is 39.3 Å². The zero-order chi connectivity index (χ0) is 15.2. The van der Waals surface area contributed by atoms with Crippen LogP contribution in [-0.4, -0.2) is 22.2 Å². The van der Waals surface area contributed by atoms with Gasteiger partial charge in [0, 0.05) is 24.5 Å². The molecule has 0 amide bonds. The maximum atomic E-state index is 13.6. The van der Waals surface area contributed by atoms with Gasteiger partial charge in [-0.05, 0) is 37.5 Å². The van der Waals surface area contributed by atoms with Gasteiger partial charge in [-0.2, -0.15) is 0 Å². The molecular weight excluding hydrogens is 269 g/mol. The maximum absolute atomic E-state index is 13.6. The molecule has 0 spiro atoms. The molecule has 0 radical (unpaired) electrons. The highest BCUT2D eigenvalue weighted by Gasteiger charge is 2.06. The van der Waals surface area contributed by atoms with Crippen LogP contribution >= 0.6 is 0 Å². The van der Waals surface area contributed by atoms with E-state index < -0.39 is 0 Å². The fraction of sp³-hybridized carbons (Fsp3) is 0.438. The molecular formula is C16H22FN3O. The Morgan fingerprint density at radius 2 is 2.19 bits per heavy atom. The number of ether oxygens (including phenoxy) is 1. The molecule has 5 heteroatoms. The second-order valence-corrected chi connectivity index (χ2v) is 5.18. The van der Waals surface area contributed by atoms with Gasteiger partial charge >= 0.3 is 0 Å². The lowest BCUT2D eigenvalue weighted by Gasteiger charge is -2.12. The molecule has 1 aromatic heterocycles. The molecule has 1 aromatic carbocycles. The quantitative estimate of drug-likeness (QED) is 0.853. The molecule has 0 bridgehead atoms. The van der Waals surface area contributed by atoms with E-state index in [1.54, 1.807) is 6.20 Å². The third-order valence-corrected chi connectivity index (χ3v) is 3.48. The van der Waals surface area contributed by atoms with Crippen molar-refractivity contribution in [3.8, 4) is 5.75 Å². The average molecular weight is 291 g/mol. The van der Waals surface area contributed by atoms with Crippen LogP contribution in [0.15, 0.2) is 30.6 Å². The normalized spacial score (nSPS) is 12.4. The van der Waals surface area contributed by atoms with E-state index in [9.17, 15) is 4.39 Å². The Hall–Kier alpha value is -1.88. The van der Waals surface area contributed by atoms with E-state index in [0.717, 1.165) is 17.8 Å². The molecule has 0 aliphatic carbocycles. The summed E-state index contributed by atoms with van der Waals surface area (Å²) in [6.07, 6.45) is 5.18. The number of nitrogens with zero attached hydrogens (tertiary/aromatic N) is 2. The van der Waals surface area contributed by atoms with Crippen LogP contribution in [0.1, 0.15) is 24.7 Å². The van der Waals surface area contributed by atoms with Crippen molar-refractivity contribution < 1.29 is 9.13 Å². The highest BCUT2D eigenvalue weighted by Crippen LogP contribution is 2.18. The number of nitrogens with two attached hydrogens (primary N) is 1. The van der Waals surface area contributed by atoms with Crippen LogP contribution < -0.4 is 10.5 Å². The van der Waals surface area contributed by atoms with Crippen LogP contribution in [0.4, 0.5) is 4.39 Å². The Morgan fingerprint density at radius 1 is 1.38 bits per heavy atom. The van der Waals surface area contributed by atoms with Gasteiger partial charge in [0.2, 0.25) is 0 Å². The van der Waals surface area contributed by atoms with Gasteiger partial charge < -0.3 is 15.0 Å². The lowest BCUT2D eigenvalue weighted by molar-refractivity contribution is 0.295. The summed E-state index contributed by atoms with van der Waals surface area (Å²) in [5, 5.41) is 0. The molecule has 0 saturated carbocycles. The van der Waals surface area contributed by atoms with Gasteiger partial charge in [-0.1, -0.05) is 6.92 Å². The molecule has 0 aliphatic heterocycles. The molecule has 1 unspecified atom stereocenters. The zero-order valence-corrected chi connectivity index (χ0v) is 12.6. The molecule has 0 aliphatic rings. The minimum Gasteiger partial charge on any atom is -0.492 e. The summed E-state index contributed by atoms with van der Waals surface area (Å²) >= 11 is 0. The SMILES string of the molecule is CCC(N)Cc1cc(F)cc(OCCn2ccnc2C)c1. The first-order valence-corrected chi connectivity index (χ1v) is 7.24. The van der Waals surface area contributed by atoms with Crippen LogP contribution in [0.5, 0.6) is 5.75 Å². The summed E-state index contributed by atoms with van der Waals surface area (Å²) in [6, 6.07) is 4.83. The average Bonchev–Trinajstić information content (AvgIpc) is 2.84. The lowest BCUT2D eigenvalue weighted by Crippen LogP contribution is -2.21. The highest BCUT2D eigenvalue weighted by atomic mass is 19.1. The van der Waals surface area contributed by atoms with Crippen LogP contribution in [0.2, 0.25) is 0 Å². The molecule has 0 fully saturated rings. The van der Waals surface area contributed by atoms with Crippen LogP contribution in [0.25, 0.3) is 0 Å². The fourth-order valence-corrected chi connectivity index (χ4v) is 2.17. The zero-order valence-electron chi connectivity index (χ0n) is 12.6. The number of benzene rings is 1. The van der Waals surface area contributed by atoms with Crippen molar-refractivity contribution in [1.29, 1.82) is 0 Å². The summed E-state index contributed by atoms with van der Waals surface area (Å²) in [7, 11) is 0. The minimum absolute atomic E-state index is 0.0493. The van der Waals surface area contributed by atoms with E-state index in [4.69, 9.17) is 10.5 Å². The topological polar surface area (TPSA) is 53.1 Å². The van der Waals surface area contributed by atoms with E-state index in [1.165, 1.54) is 12.1 Å². The Bertz CT molecular complexity index is 583. The summed E-state index contributed by atoms with van der Waals surface area (Å²) in [5.41, 5.74) is 6.79. The Kier molecular flexibility index (Phi) is 5.33. The van der Waals surface area contributed by atoms with E-state index in [2.05, 4.69) is 4.98 Å². The first-order chi connectivity index (χ1) is 10.1. The number of aryl methyl sites for hydroxylation is 1. The molecule has 2 N–H and O–H groups in total. The number of imidazole rings is 1. The van der Waals surface area contributed by atoms with Gasteiger partial charge in [0.05, 0.1) is 6.54 Å². The molecule has 114 valence electrons. The Morgan fingerprint density at radius 3 is 2.86 bits per heavy atom. The highest BCUT2D eigenvalue weighted by molar-refractivity contribution is 5.30. The third-order valence-electron chi connectivity index (χ3n) is 3.48. The minimum atomic E-state index is -0.287. The lowest BCUT2D eigenvalue weighted by atomic mass is 10.0. The first-order valence-electron chi connectivity index (χ1n) is 7.24. The summed E-state index contributed by atoms with van der Waals surface area (Å²) in [5.74, 6) is 1.20. The van der Waals surface area contributed by atoms with E-state index in [-0.39, 0.29) is 11.9 Å². The van der Waals surface area contributed by atoms with Gasteiger partial charge in [0.25, 0.3) is 0 Å². The number of halogens is 1. The predicted octanol–water partition coefficient (Wildman–Crippen LogP) is 2.69. The van der Waals surface area contributed by atoms with E-state index in [1.807, 2.05) is 30.7 Å². The summed E-state index contributed by atoms with van der Waals surface area (Å²) < 4.78 is 21.2. The number of aromatic nitrogens is 2. The monoisotopic (exact) mass is 291 g/mol. The fourth-order valence-electron chi connectivity index (χ4n) is 2.17. The van der Waals surface area contributed by atoms with Gasteiger partial charge in [-0.3, -0.25) is 0 Å². The van der Waals surface area contributed by atoms with Crippen LogP contribution in [0, 0.1) is 12.7 Å². The van der Waals surface area contributed by atoms with Crippen LogP contribution in [0.3, 0.4) is 0 Å². The van der Waals surface area contributed by atoms with Crippen molar-refractivity contribution in [2.24, 2.45) is 5.73 Å². The van der Waals surface area contributed by atoms with Gasteiger partial charge in [-0.25, -0.2) is 9.37 Å². The van der Waals surface area contributed by atoms with Crippen molar-refractivity contribution in [3.63, 3.8) is 0 Å². The maximum Gasteiger partial charge on any atom is 0.127 e. The predicted molar refractivity (Wildman–Crippen MR) is 80.8 cm³/mol. The standard InChI is InChI=1S/C16H22FN3O/c1-3-15(18)9-13-8-14(17)11-16(10-13)21-7-6-20-5-4-19-12(20)2/h4-5,8,10-11,15H,3,6-7,9,18H2,1-2H3. The van der Waals surface area contributed by atoms with Gasteiger partial charge in [-0.15, -0.1) is 0 Å². The third kappa shape index (κ3) is 4.56. The molecule has 21 heavy (non-hydrogen) atoms. The largest absolute Gasteiger partial charge is 0.492 e. The second kappa shape index (κ2) is 7.22. The van der Waals surface area contributed by atoms with E-state index >= 15 is 0 Å². The Labute approximate surface area is 124 Å². The van der Waals surface area contributed by atoms with Gasteiger partial charge in [0.15, 0.2) is 0 Å². The molecule has 2 rings (SSSR count). The second-order valence-electron chi connectivity index (χ2n) is 5.18. The van der Waals surface area contributed by atoms with Gasteiger partial charge in [0.1, 0.15) is 24.0 Å². The molecule has 1 heterocycles. The molecule has 1 atom stereocenters. The summed E-state index contributed by atoms with van der Waals surface area (Å²) in [6.45, 7) is 5.12. The Balaban J connectivity index is 1.95. The molecule has 2 aromatic rings. The van der Waals surface area contributed by atoms with E-state index in [0.29, 0.717) is 25.3 Å². The van der Waals surface area contributed by atoms with Crippen molar-refractivity contribution >= 4 is 0 Å².